The Morgan fingerprint density at radius 3 is 2.50 bits per heavy atom. The van der Waals surface area contributed by atoms with Crippen molar-refractivity contribution in [1.82, 2.24) is 24.9 Å². The average molecular weight is 571 g/mol. The summed E-state index contributed by atoms with van der Waals surface area (Å²) in [5.74, 6) is 1.76. The van der Waals surface area contributed by atoms with Crippen LogP contribution in [0.3, 0.4) is 0 Å². The first-order chi connectivity index (χ1) is 14.9. The molecule has 0 unspecified atom stereocenters. The van der Waals surface area contributed by atoms with Crippen LogP contribution in [-0.4, -0.2) is 44.1 Å². The lowest BCUT2D eigenvalue weighted by atomic mass is 10.2. The highest BCUT2D eigenvalue weighted by Crippen LogP contribution is 2.15. The van der Waals surface area contributed by atoms with E-state index in [4.69, 9.17) is 0 Å². The number of imidazole rings is 1. The Morgan fingerprint density at radius 1 is 1.09 bits per heavy atom. The Bertz CT molecular complexity index is 1140. The number of guanidine groups is 1. The van der Waals surface area contributed by atoms with Crippen LogP contribution in [0.25, 0.3) is 11.0 Å². The molecule has 0 atom stereocenters. The van der Waals surface area contributed by atoms with Crippen LogP contribution in [0.1, 0.15) is 24.7 Å². The summed E-state index contributed by atoms with van der Waals surface area (Å²) < 4.78 is 28.2. The Kier molecular flexibility index (Phi) is 9.91. The van der Waals surface area contributed by atoms with Gasteiger partial charge in [-0.3, -0.25) is 0 Å². The van der Waals surface area contributed by atoms with Gasteiger partial charge >= 0.3 is 0 Å². The first-order valence-electron chi connectivity index (χ1n) is 10.4. The molecule has 3 rings (SSSR count). The highest BCUT2D eigenvalue weighted by atomic mass is 127. The minimum Gasteiger partial charge on any atom is -0.357 e. The number of nitrogens with one attached hydrogen (secondary N) is 3. The number of aromatic nitrogens is 2. The fraction of sp³-hybridized carbons (Fsp3) is 0.364. The van der Waals surface area contributed by atoms with Crippen LogP contribution in [0.5, 0.6) is 0 Å². The predicted molar refractivity (Wildman–Crippen MR) is 140 cm³/mol. The monoisotopic (exact) mass is 570 g/mol. The molecule has 8 nitrogen and oxygen atoms in total. The molecule has 0 aliphatic rings. The Morgan fingerprint density at radius 2 is 1.81 bits per heavy atom. The second kappa shape index (κ2) is 12.2. The van der Waals surface area contributed by atoms with Crippen molar-refractivity contribution in [3.05, 3.63) is 59.9 Å². The molecule has 1 heterocycles. The van der Waals surface area contributed by atoms with E-state index in [0.717, 1.165) is 54.4 Å². The van der Waals surface area contributed by atoms with Gasteiger partial charge in [0, 0.05) is 19.6 Å². The highest BCUT2D eigenvalue weighted by molar-refractivity contribution is 14.0. The van der Waals surface area contributed by atoms with Gasteiger partial charge in [0.15, 0.2) is 5.96 Å². The van der Waals surface area contributed by atoms with Crippen LogP contribution in [0.15, 0.2) is 58.4 Å². The molecule has 0 amide bonds. The lowest BCUT2D eigenvalue weighted by molar-refractivity contribution is 0.588. The molecule has 0 radical (unpaired) electrons. The zero-order valence-corrected chi connectivity index (χ0v) is 21.8. The van der Waals surface area contributed by atoms with Crippen molar-refractivity contribution in [2.24, 2.45) is 4.99 Å². The quantitative estimate of drug-likeness (QED) is 0.159. The van der Waals surface area contributed by atoms with E-state index < -0.39 is 10.0 Å². The average Bonchev–Trinajstić information content (AvgIpc) is 3.10. The summed E-state index contributed by atoms with van der Waals surface area (Å²) >= 11 is 0. The van der Waals surface area contributed by atoms with E-state index in [2.05, 4.69) is 36.0 Å². The molecular weight excluding hydrogens is 539 g/mol. The van der Waals surface area contributed by atoms with Gasteiger partial charge in [-0.1, -0.05) is 24.3 Å². The van der Waals surface area contributed by atoms with Gasteiger partial charge < -0.3 is 15.2 Å². The Hall–Kier alpha value is -2.18. The highest BCUT2D eigenvalue weighted by Gasteiger charge is 2.10. The van der Waals surface area contributed by atoms with Gasteiger partial charge in [-0.25, -0.2) is 23.1 Å². The summed E-state index contributed by atoms with van der Waals surface area (Å²) in [6, 6.07) is 14.9. The van der Waals surface area contributed by atoms with E-state index in [9.17, 15) is 8.42 Å². The fourth-order valence-corrected chi connectivity index (χ4v) is 4.06. The molecule has 3 N–H and O–H groups in total. The zero-order valence-electron chi connectivity index (χ0n) is 18.6. The van der Waals surface area contributed by atoms with E-state index in [1.807, 2.05) is 32.0 Å². The summed E-state index contributed by atoms with van der Waals surface area (Å²) in [4.78, 5) is 9.46. The molecule has 10 heteroatoms. The molecule has 0 saturated carbocycles. The van der Waals surface area contributed by atoms with Crippen molar-refractivity contribution in [2.75, 3.05) is 20.1 Å². The van der Waals surface area contributed by atoms with Gasteiger partial charge in [0.25, 0.3) is 0 Å². The van der Waals surface area contributed by atoms with Crippen molar-refractivity contribution >= 4 is 51.0 Å². The molecular formula is C22H31IN6O2S. The number of halogens is 1. The topological polar surface area (TPSA) is 100 Å². The first kappa shape index (κ1) is 26.1. The maximum Gasteiger partial charge on any atom is 0.240 e. The predicted octanol–water partition coefficient (Wildman–Crippen LogP) is 3.02. The number of aliphatic imine (C=N–C) groups is 1. The normalized spacial score (nSPS) is 11.9. The summed E-state index contributed by atoms with van der Waals surface area (Å²) in [7, 11) is -2.02. The van der Waals surface area contributed by atoms with Gasteiger partial charge in [0.1, 0.15) is 5.82 Å². The number of rotatable bonds is 9. The number of hydrogen-bond acceptors (Lipinski definition) is 4. The lowest BCUT2D eigenvalue weighted by Gasteiger charge is -2.12. The maximum atomic E-state index is 11.8. The van der Waals surface area contributed by atoms with Gasteiger partial charge in [-0.15, -0.1) is 24.0 Å². The third-order valence-electron chi connectivity index (χ3n) is 4.96. The van der Waals surface area contributed by atoms with Crippen LogP contribution < -0.4 is 15.4 Å². The number of hydrogen-bond donors (Lipinski definition) is 3. The molecule has 0 aliphatic heterocycles. The van der Waals surface area contributed by atoms with E-state index in [0.29, 0.717) is 6.54 Å². The number of sulfonamides is 1. The second-order valence-electron chi connectivity index (χ2n) is 7.13. The van der Waals surface area contributed by atoms with E-state index in [-0.39, 0.29) is 28.9 Å². The largest absolute Gasteiger partial charge is 0.357 e. The number of fused-ring (bicyclic) bond motifs is 1. The lowest BCUT2D eigenvalue weighted by Crippen LogP contribution is -2.38. The minimum absolute atomic E-state index is 0. The van der Waals surface area contributed by atoms with Crippen LogP contribution in [0.2, 0.25) is 0 Å². The summed E-state index contributed by atoms with van der Waals surface area (Å²) in [6.07, 6.45) is 0.933. The molecule has 0 spiro atoms. The first-order valence-corrected chi connectivity index (χ1v) is 11.9. The summed E-state index contributed by atoms with van der Waals surface area (Å²) in [6.45, 7) is 6.93. The van der Waals surface area contributed by atoms with Gasteiger partial charge in [-0.05, 0) is 57.1 Å². The molecule has 3 aromatic rings. The number of para-hydroxylation sites is 2. The van der Waals surface area contributed by atoms with Crippen LogP contribution in [0, 0.1) is 6.92 Å². The molecule has 174 valence electrons. The molecule has 0 aliphatic carbocycles. The van der Waals surface area contributed by atoms with E-state index in [1.54, 1.807) is 24.3 Å². The number of benzene rings is 2. The molecule has 0 fully saturated rings. The molecule has 2 aromatic carbocycles. The SMILES string of the molecule is CCNC(=NCc1ccc(S(=O)(=O)NC)cc1)NCCCn1c(C)nc2ccccc21.I. The zero-order chi connectivity index (χ0) is 22.3. The molecule has 1 aromatic heterocycles. The third-order valence-corrected chi connectivity index (χ3v) is 6.39. The molecule has 32 heavy (non-hydrogen) atoms. The molecule has 0 saturated heterocycles. The molecule has 0 bridgehead atoms. The van der Waals surface area contributed by atoms with Crippen molar-refractivity contribution in [3.63, 3.8) is 0 Å². The number of nitrogens with zero attached hydrogens (tertiary/aromatic N) is 3. The Labute approximate surface area is 207 Å². The van der Waals surface area contributed by atoms with Crippen molar-refractivity contribution < 1.29 is 8.42 Å². The fourth-order valence-electron chi connectivity index (χ4n) is 3.33. The van der Waals surface area contributed by atoms with Gasteiger partial charge in [0.05, 0.1) is 22.5 Å². The minimum atomic E-state index is -3.42. The van der Waals surface area contributed by atoms with Crippen LogP contribution in [0.4, 0.5) is 0 Å². The van der Waals surface area contributed by atoms with Crippen molar-refractivity contribution in [3.8, 4) is 0 Å². The van der Waals surface area contributed by atoms with Crippen LogP contribution >= 0.6 is 24.0 Å². The van der Waals surface area contributed by atoms with Gasteiger partial charge in [0.2, 0.25) is 10.0 Å². The van der Waals surface area contributed by atoms with Crippen LogP contribution in [-0.2, 0) is 23.1 Å². The van der Waals surface area contributed by atoms with E-state index in [1.165, 1.54) is 7.05 Å². The van der Waals surface area contributed by atoms with Gasteiger partial charge in [-0.2, -0.15) is 0 Å². The Balaban J connectivity index is 0.00000363. The summed E-state index contributed by atoms with van der Waals surface area (Å²) in [5, 5.41) is 6.61. The smallest absolute Gasteiger partial charge is 0.240 e. The second-order valence-corrected chi connectivity index (χ2v) is 9.01. The maximum absolute atomic E-state index is 11.8. The van der Waals surface area contributed by atoms with Crippen molar-refractivity contribution in [1.29, 1.82) is 0 Å². The standard InChI is InChI=1S/C22H30N6O2S.HI/c1-4-24-22(26-16-18-10-12-19(13-11-18)31(29,30)23-3)25-14-7-15-28-17(2)27-20-8-5-6-9-21(20)28;/h5-6,8-13,23H,4,7,14-16H2,1-3H3,(H2,24,25,26);1H. The number of aryl methyl sites for hydroxylation is 2. The third kappa shape index (κ3) is 6.66. The van der Waals surface area contributed by atoms with E-state index >= 15 is 0 Å². The van der Waals surface area contributed by atoms with Crippen molar-refractivity contribution in [2.45, 2.75) is 38.3 Å². The summed E-state index contributed by atoms with van der Waals surface area (Å²) in [5.41, 5.74) is 3.12.